The first-order valence-electron chi connectivity index (χ1n) is 21.0. The average molecular weight is 826 g/mol. The summed E-state index contributed by atoms with van der Waals surface area (Å²) >= 11 is 1.81. The van der Waals surface area contributed by atoms with E-state index >= 15 is 0 Å². The van der Waals surface area contributed by atoms with Crippen LogP contribution in [-0.4, -0.2) is 26.2 Å². The lowest BCUT2D eigenvalue weighted by Gasteiger charge is -2.14. The second kappa shape index (κ2) is 16.1. The van der Waals surface area contributed by atoms with Gasteiger partial charge in [0.1, 0.15) is 0 Å². The minimum atomic E-state index is 0.507. The molecule has 8 aromatic carbocycles. The Hall–Kier alpha value is -8.06. The van der Waals surface area contributed by atoms with Crippen molar-refractivity contribution >= 4 is 76.9 Å². The molecule has 3 aromatic heterocycles. The van der Waals surface area contributed by atoms with Crippen molar-refractivity contribution in [1.29, 1.82) is 0 Å². The molecule has 0 fully saturated rings. The van der Waals surface area contributed by atoms with Crippen molar-refractivity contribution in [3.63, 3.8) is 0 Å². The predicted molar refractivity (Wildman–Crippen MR) is 266 cm³/mol. The van der Waals surface area contributed by atoms with E-state index < -0.39 is 0 Å². The van der Waals surface area contributed by atoms with Crippen LogP contribution < -0.4 is 0 Å². The van der Waals surface area contributed by atoms with E-state index in [9.17, 15) is 0 Å². The maximum atomic E-state index is 5.23. The number of nitrogens with zero attached hydrogens (tertiary/aromatic N) is 5. The first-order chi connectivity index (χ1) is 31.1. The minimum Gasteiger partial charge on any atom is -0.309 e. The molecule has 0 bridgehead atoms. The number of aromatic nitrogens is 4. The van der Waals surface area contributed by atoms with Gasteiger partial charge in [-0.05, 0) is 90.5 Å². The summed E-state index contributed by atoms with van der Waals surface area (Å²) < 4.78 is 4.81. The van der Waals surface area contributed by atoms with Gasteiger partial charge in [-0.15, -0.1) is 11.3 Å². The van der Waals surface area contributed by atoms with E-state index in [1.54, 1.807) is 0 Å². The number of hydrogen-bond acceptors (Lipinski definition) is 5. The molecule has 0 aliphatic carbocycles. The molecule has 5 nitrogen and oxygen atoms in total. The summed E-state index contributed by atoms with van der Waals surface area (Å²) in [4.78, 5) is 20.4. The largest absolute Gasteiger partial charge is 0.309 e. The van der Waals surface area contributed by atoms with Crippen LogP contribution in [0.25, 0.3) is 98.4 Å². The molecule has 0 unspecified atom stereocenters. The lowest BCUT2D eigenvalue weighted by Crippen LogP contribution is -2.04. The first-order valence-corrected chi connectivity index (χ1v) is 21.8. The van der Waals surface area contributed by atoms with Gasteiger partial charge < -0.3 is 4.57 Å². The smallest absolute Gasteiger partial charge is 0.166 e. The number of benzene rings is 8. The Morgan fingerprint density at radius 1 is 0.508 bits per heavy atom. The Bertz CT molecular complexity index is 3510. The molecule has 0 radical (unpaired) electrons. The third-order valence-electron chi connectivity index (χ3n) is 11.7. The summed E-state index contributed by atoms with van der Waals surface area (Å²) in [5.41, 5.74) is 12.0. The van der Waals surface area contributed by atoms with E-state index in [4.69, 9.17) is 19.9 Å². The number of allylic oxidation sites excluding steroid dienone is 3. The van der Waals surface area contributed by atoms with Crippen molar-refractivity contribution in [2.75, 3.05) is 0 Å². The minimum absolute atomic E-state index is 0.507. The van der Waals surface area contributed by atoms with Gasteiger partial charge in [0.25, 0.3) is 0 Å². The highest BCUT2D eigenvalue weighted by atomic mass is 32.1. The highest BCUT2D eigenvalue weighted by Gasteiger charge is 2.21. The van der Waals surface area contributed by atoms with Crippen molar-refractivity contribution < 1.29 is 0 Å². The van der Waals surface area contributed by atoms with Crippen molar-refractivity contribution in [2.45, 2.75) is 6.92 Å². The maximum Gasteiger partial charge on any atom is 0.166 e. The molecule has 0 saturated heterocycles. The van der Waals surface area contributed by atoms with Crippen LogP contribution in [-0.2, 0) is 0 Å². The molecule has 3 heterocycles. The van der Waals surface area contributed by atoms with Gasteiger partial charge in [-0.25, -0.2) is 15.0 Å². The van der Waals surface area contributed by atoms with Crippen molar-refractivity contribution in [2.24, 2.45) is 4.99 Å². The molecular formula is C57H39N5S. The second-order valence-electron chi connectivity index (χ2n) is 15.6. The number of hydrogen-bond donors (Lipinski definition) is 0. The summed E-state index contributed by atoms with van der Waals surface area (Å²) in [5.74, 6) is 1.66. The van der Waals surface area contributed by atoms with Crippen LogP contribution in [0.5, 0.6) is 0 Å². The van der Waals surface area contributed by atoms with E-state index in [1.165, 1.54) is 36.6 Å². The van der Waals surface area contributed by atoms with Gasteiger partial charge in [0, 0.05) is 58.9 Å². The van der Waals surface area contributed by atoms with Crippen LogP contribution >= 0.6 is 11.3 Å². The molecule has 11 rings (SSSR count). The molecule has 0 spiro atoms. The molecular weight excluding hydrogens is 787 g/mol. The van der Waals surface area contributed by atoms with Gasteiger partial charge in [0.2, 0.25) is 0 Å². The van der Waals surface area contributed by atoms with E-state index in [0.717, 1.165) is 55.6 Å². The molecule has 0 atom stereocenters. The van der Waals surface area contributed by atoms with Crippen LogP contribution in [0.2, 0.25) is 0 Å². The summed E-state index contributed by atoms with van der Waals surface area (Å²) in [6.07, 6.45) is 2.16. The summed E-state index contributed by atoms with van der Waals surface area (Å²) in [5, 5.41) is 4.84. The van der Waals surface area contributed by atoms with Crippen molar-refractivity contribution in [1.82, 2.24) is 19.5 Å². The van der Waals surface area contributed by atoms with Gasteiger partial charge >= 0.3 is 0 Å². The highest BCUT2D eigenvalue weighted by molar-refractivity contribution is 7.26. The summed E-state index contributed by atoms with van der Waals surface area (Å²) in [6.45, 7) is 6.36. The van der Waals surface area contributed by atoms with E-state index in [1.807, 2.05) is 78.1 Å². The fourth-order valence-corrected chi connectivity index (χ4v) is 9.80. The number of aliphatic imine (C=N–C) groups is 1. The number of rotatable bonds is 9. The molecule has 0 saturated carbocycles. The Labute approximate surface area is 369 Å². The molecule has 11 aromatic rings. The van der Waals surface area contributed by atoms with E-state index in [0.29, 0.717) is 23.2 Å². The fourth-order valence-electron chi connectivity index (χ4n) is 8.70. The van der Waals surface area contributed by atoms with Crippen molar-refractivity contribution in [3.05, 3.63) is 223 Å². The Kier molecular flexibility index (Phi) is 9.68. The maximum absolute atomic E-state index is 5.23. The third-order valence-corrected chi connectivity index (χ3v) is 12.8. The zero-order valence-electron chi connectivity index (χ0n) is 34.5. The van der Waals surface area contributed by atoms with Crippen LogP contribution in [0.15, 0.2) is 211 Å². The average Bonchev–Trinajstić information content (AvgIpc) is 3.90. The monoisotopic (exact) mass is 825 g/mol. The number of fused-ring (bicyclic) bond motifs is 7. The zero-order valence-corrected chi connectivity index (χ0v) is 35.3. The molecule has 0 amide bonds. The van der Waals surface area contributed by atoms with Gasteiger partial charge in [-0.3, -0.25) is 4.99 Å². The normalized spacial score (nSPS) is 12.3. The summed E-state index contributed by atoms with van der Waals surface area (Å²) in [6, 6.07) is 69.8. The molecule has 0 N–H and O–H groups in total. The van der Waals surface area contributed by atoms with E-state index in [-0.39, 0.29) is 0 Å². The van der Waals surface area contributed by atoms with Gasteiger partial charge in [0.05, 0.1) is 16.7 Å². The van der Waals surface area contributed by atoms with Crippen LogP contribution in [0.3, 0.4) is 0 Å². The molecule has 0 aliphatic heterocycles. The van der Waals surface area contributed by atoms with Crippen molar-refractivity contribution in [3.8, 4) is 39.6 Å². The molecule has 63 heavy (non-hydrogen) atoms. The van der Waals surface area contributed by atoms with Crippen LogP contribution in [0.1, 0.15) is 23.9 Å². The topological polar surface area (TPSA) is 56.0 Å². The Balaban J connectivity index is 1.18. The predicted octanol–water partition coefficient (Wildman–Crippen LogP) is 15.0. The Morgan fingerprint density at radius 3 is 1.79 bits per heavy atom. The molecule has 0 aliphatic rings. The number of thiophene rings is 1. The SMILES string of the molecule is C=N/C(=C(\C=C(/C)c1cccc(-c2ccccc2)c1)c1nc(-c2ccccc2)nc(-c2ccccc2)n1)c1ccc2sc3ccc4c(c5ccccc5n4-c4ccccc4)c3c2c1. The van der Waals surface area contributed by atoms with E-state index in [2.05, 4.69) is 158 Å². The zero-order chi connectivity index (χ0) is 42.3. The Morgan fingerprint density at radius 2 is 1.11 bits per heavy atom. The fraction of sp³-hybridized carbons (Fsp3) is 0.0175. The van der Waals surface area contributed by atoms with Gasteiger partial charge in [-0.1, -0.05) is 152 Å². The van der Waals surface area contributed by atoms with Crippen LogP contribution in [0, 0.1) is 0 Å². The first kappa shape index (κ1) is 37.9. The lowest BCUT2D eigenvalue weighted by atomic mass is 9.96. The van der Waals surface area contributed by atoms with Crippen LogP contribution in [0.4, 0.5) is 0 Å². The second-order valence-corrected chi connectivity index (χ2v) is 16.7. The third kappa shape index (κ3) is 6.93. The van der Waals surface area contributed by atoms with Gasteiger partial charge in [-0.2, -0.15) is 0 Å². The number of para-hydroxylation sites is 2. The standard InChI is InChI=1S/C57H39N5S/c1-37(41-24-17-25-42(35-41)38-18-7-3-8-19-38)34-47(57-60-55(39-20-9-4-10-21-39)59-56(61-57)40-22-11-5-12-23-40)54(58-2)43-30-32-50-46(36-43)53-51(63-50)33-31-49-52(53)45-28-15-16-29-48(45)62(49)44-26-13-6-14-27-44/h3-36H,2H2,1H3/b37-34+,54-47+. The molecule has 6 heteroatoms. The quantitative estimate of drug-likeness (QED) is 0.108. The summed E-state index contributed by atoms with van der Waals surface area (Å²) in [7, 11) is 0. The van der Waals surface area contributed by atoms with Gasteiger partial charge in [0.15, 0.2) is 17.5 Å². The molecule has 298 valence electrons. The lowest BCUT2D eigenvalue weighted by molar-refractivity contribution is 1.04. The highest BCUT2D eigenvalue weighted by Crippen LogP contribution is 2.45.